The van der Waals surface area contributed by atoms with Crippen molar-refractivity contribution < 1.29 is 4.79 Å². The molecule has 0 aliphatic heterocycles. The Morgan fingerprint density at radius 2 is 1.62 bits per heavy atom. The average molecular weight is 373 g/mol. The predicted octanol–water partition coefficient (Wildman–Crippen LogP) is 5.00. The van der Waals surface area contributed by atoms with Gasteiger partial charge >= 0.3 is 0 Å². The van der Waals surface area contributed by atoms with Gasteiger partial charge in [-0.15, -0.1) is 11.3 Å². The molecule has 0 radical (unpaired) electrons. The number of hydrogen-bond donors (Lipinski definition) is 1. The van der Waals surface area contributed by atoms with Crippen molar-refractivity contribution in [2.75, 3.05) is 0 Å². The first-order valence-corrected chi connectivity index (χ1v) is 10.7. The highest BCUT2D eigenvalue weighted by Crippen LogP contribution is 2.21. The third kappa shape index (κ3) is 5.87. The lowest BCUT2D eigenvalue weighted by Crippen LogP contribution is -2.35. The second-order valence-electron chi connectivity index (χ2n) is 7.06. The second-order valence-corrected chi connectivity index (χ2v) is 7.92. The summed E-state index contributed by atoms with van der Waals surface area (Å²) in [6, 6.07) is 0.267. The van der Waals surface area contributed by atoms with Crippen LogP contribution in [-0.4, -0.2) is 26.9 Å². The molecule has 0 aromatic carbocycles. The Labute approximate surface area is 159 Å². The molecule has 3 rings (SSSR count). The third-order valence-electron chi connectivity index (χ3n) is 4.96. The quantitative estimate of drug-likeness (QED) is 0.823. The van der Waals surface area contributed by atoms with Gasteiger partial charge in [-0.1, -0.05) is 57.8 Å². The van der Waals surface area contributed by atoms with Gasteiger partial charge < -0.3 is 5.32 Å². The molecular weight excluding hydrogens is 344 g/mol. The number of amides is 1. The van der Waals surface area contributed by atoms with E-state index in [1.807, 2.05) is 5.38 Å². The van der Waals surface area contributed by atoms with E-state index in [0.29, 0.717) is 11.4 Å². The van der Waals surface area contributed by atoms with Gasteiger partial charge in [0, 0.05) is 23.8 Å². The van der Waals surface area contributed by atoms with Crippen LogP contribution < -0.4 is 5.32 Å². The third-order valence-corrected chi connectivity index (χ3v) is 5.82. The summed E-state index contributed by atoms with van der Waals surface area (Å²) in [5, 5.41) is 5.77. The van der Waals surface area contributed by atoms with Crippen LogP contribution in [-0.2, 0) is 0 Å². The minimum absolute atomic E-state index is 0.0616. The molecular formula is C20H28N4OS. The molecule has 0 atom stereocenters. The van der Waals surface area contributed by atoms with E-state index < -0.39 is 0 Å². The van der Waals surface area contributed by atoms with Gasteiger partial charge in [0.2, 0.25) is 0 Å². The van der Waals surface area contributed by atoms with Gasteiger partial charge in [-0.05, 0) is 12.8 Å². The Hall–Kier alpha value is -1.82. The van der Waals surface area contributed by atoms with Crippen molar-refractivity contribution in [3.63, 3.8) is 0 Å². The van der Waals surface area contributed by atoms with Crippen molar-refractivity contribution in [3.8, 4) is 10.7 Å². The Morgan fingerprint density at radius 3 is 2.23 bits per heavy atom. The maximum atomic E-state index is 12.6. The van der Waals surface area contributed by atoms with Crippen LogP contribution in [0.3, 0.4) is 0 Å². The molecule has 26 heavy (non-hydrogen) atoms. The Morgan fingerprint density at radius 1 is 0.962 bits per heavy atom. The van der Waals surface area contributed by atoms with E-state index in [-0.39, 0.29) is 11.9 Å². The SMILES string of the molecule is O=C(NC1CCCCCCCCCCC1)c1csc(-c2cnccn2)n1. The first kappa shape index (κ1) is 19.0. The number of carbonyl (C=O) groups excluding carboxylic acids is 1. The van der Waals surface area contributed by atoms with Crippen molar-refractivity contribution in [1.82, 2.24) is 20.3 Å². The molecule has 0 bridgehead atoms. The first-order valence-electron chi connectivity index (χ1n) is 9.86. The minimum atomic E-state index is -0.0616. The highest BCUT2D eigenvalue weighted by molar-refractivity contribution is 7.13. The Balaban J connectivity index is 1.57. The normalized spacial score (nSPS) is 17.8. The molecule has 1 fully saturated rings. The molecule has 2 heterocycles. The largest absolute Gasteiger partial charge is 0.348 e. The molecule has 2 aromatic heterocycles. The van der Waals surface area contributed by atoms with E-state index in [1.165, 1.54) is 69.1 Å². The van der Waals surface area contributed by atoms with Crippen molar-refractivity contribution in [2.24, 2.45) is 0 Å². The summed E-state index contributed by atoms with van der Waals surface area (Å²) in [7, 11) is 0. The van der Waals surface area contributed by atoms with Gasteiger partial charge in [-0.2, -0.15) is 0 Å². The number of hydrogen-bond acceptors (Lipinski definition) is 5. The zero-order chi connectivity index (χ0) is 18.0. The monoisotopic (exact) mass is 372 g/mol. The topological polar surface area (TPSA) is 67.8 Å². The molecule has 0 unspecified atom stereocenters. The van der Waals surface area contributed by atoms with E-state index in [9.17, 15) is 4.79 Å². The van der Waals surface area contributed by atoms with E-state index in [4.69, 9.17) is 0 Å². The Kier molecular flexibility index (Phi) is 7.55. The molecule has 1 saturated carbocycles. The molecule has 0 saturated heterocycles. The van der Waals surface area contributed by atoms with Gasteiger partial charge in [0.15, 0.2) is 0 Å². The second kappa shape index (κ2) is 10.4. The number of thiazole rings is 1. The molecule has 1 aliphatic carbocycles. The summed E-state index contributed by atoms with van der Waals surface area (Å²) >= 11 is 1.44. The van der Waals surface area contributed by atoms with Crippen LogP contribution in [0.5, 0.6) is 0 Å². The summed E-state index contributed by atoms with van der Waals surface area (Å²) in [6.45, 7) is 0. The smallest absolute Gasteiger partial charge is 0.270 e. The van der Waals surface area contributed by atoms with Crippen LogP contribution in [0.4, 0.5) is 0 Å². The molecule has 2 aromatic rings. The summed E-state index contributed by atoms with van der Waals surface area (Å²) < 4.78 is 0. The maximum absolute atomic E-state index is 12.6. The van der Waals surface area contributed by atoms with Crippen molar-refractivity contribution in [2.45, 2.75) is 76.7 Å². The fraction of sp³-hybridized carbons (Fsp3) is 0.600. The number of carbonyl (C=O) groups is 1. The summed E-state index contributed by atoms with van der Waals surface area (Å²) in [4.78, 5) is 25.4. The summed E-state index contributed by atoms with van der Waals surface area (Å²) in [5.74, 6) is -0.0616. The maximum Gasteiger partial charge on any atom is 0.270 e. The lowest BCUT2D eigenvalue weighted by molar-refractivity contribution is 0.0927. The van der Waals surface area contributed by atoms with Crippen LogP contribution >= 0.6 is 11.3 Å². The van der Waals surface area contributed by atoms with Gasteiger partial charge in [0.1, 0.15) is 16.4 Å². The van der Waals surface area contributed by atoms with Crippen molar-refractivity contribution in [3.05, 3.63) is 29.7 Å². The summed E-state index contributed by atoms with van der Waals surface area (Å²) in [5.41, 5.74) is 1.20. The van der Waals surface area contributed by atoms with E-state index in [2.05, 4.69) is 20.3 Å². The first-order chi connectivity index (χ1) is 12.8. The van der Waals surface area contributed by atoms with Crippen molar-refractivity contribution >= 4 is 17.2 Å². The zero-order valence-corrected chi connectivity index (χ0v) is 16.1. The van der Waals surface area contributed by atoms with Gasteiger partial charge in [0.05, 0.1) is 6.20 Å². The van der Waals surface area contributed by atoms with E-state index in [1.54, 1.807) is 18.6 Å². The van der Waals surface area contributed by atoms with E-state index >= 15 is 0 Å². The number of aromatic nitrogens is 3. The summed E-state index contributed by atoms with van der Waals surface area (Å²) in [6.07, 6.45) is 18.8. The Bertz CT molecular complexity index is 661. The molecule has 5 nitrogen and oxygen atoms in total. The average Bonchev–Trinajstić information content (AvgIpc) is 3.15. The van der Waals surface area contributed by atoms with Crippen LogP contribution in [0.2, 0.25) is 0 Å². The number of nitrogens with one attached hydrogen (secondary N) is 1. The highest BCUT2D eigenvalue weighted by Gasteiger charge is 2.17. The molecule has 1 amide bonds. The van der Waals surface area contributed by atoms with Crippen LogP contribution in [0.1, 0.15) is 81.1 Å². The molecule has 1 aliphatic rings. The molecule has 1 N–H and O–H groups in total. The standard InChI is InChI=1S/C20H28N4OS/c25-19(18-15-26-20(24-18)17-14-21-12-13-22-17)23-16-10-8-6-4-2-1-3-5-7-9-11-16/h12-16H,1-11H2,(H,23,25). The minimum Gasteiger partial charge on any atom is -0.348 e. The van der Waals surface area contributed by atoms with Gasteiger partial charge in [-0.25, -0.2) is 4.98 Å². The fourth-order valence-corrected chi connectivity index (χ4v) is 4.23. The molecule has 6 heteroatoms. The van der Waals surface area contributed by atoms with E-state index in [0.717, 1.165) is 17.8 Å². The number of nitrogens with zero attached hydrogens (tertiary/aromatic N) is 3. The number of rotatable bonds is 3. The predicted molar refractivity (Wildman–Crippen MR) is 105 cm³/mol. The molecule has 140 valence electrons. The lowest BCUT2D eigenvalue weighted by atomic mass is 9.98. The van der Waals surface area contributed by atoms with Crippen LogP contribution in [0, 0.1) is 0 Å². The van der Waals surface area contributed by atoms with Crippen LogP contribution in [0.25, 0.3) is 10.7 Å². The fourth-order valence-electron chi connectivity index (χ4n) is 3.47. The lowest BCUT2D eigenvalue weighted by Gasteiger charge is -2.19. The zero-order valence-electron chi connectivity index (χ0n) is 15.3. The van der Waals surface area contributed by atoms with Gasteiger partial charge in [-0.3, -0.25) is 14.8 Å². The molecule has 0 spiro atoms. The van der Waals surface area contributed by atoms with Gasteiger partial charge in [0.25, 0.3) is 5.91 Å². The van der Waals surface area contributed by atoms with Crippen molar-refractivity contribution in [1.29, 1.82) is 0 Å². The highest BCUT2D eigenvalue weighted by atomic mass is 32.1. The van der Waals surface area contributed by atoms with Crippen LogP contribution in [0.15, 0.2) is 24.0 Å².